The highest BCUT2D eigenvalue weighted by Gasteiger charge is 2.11. The van der Waals surface area contributed by atoms with E-state index in [0.29, 0.717) is 5.75 Å². The number of carbonyl (C=O) groups is 2. The Kier molecular flexibility index (Phi) is 5.92. The van der Waals surface area contributed by atoms with E-state index >= 15 is 0 Å². The van der Waals surface area contributed by atoms with E-state index in [1.54, 1.807) is 0 Å². The van der Waals surface area contributed by atoms with Crippen molar-refractivity contribution in [2.75, 3.05) is 5.75 Å². The van der Waals surface area contributed by atoms with E-state index in [-0.39, 0.29) is 0 Å². The SMILES string of the molecule is CCSC(=O)OC(C)OC(=O)Cl. The van der Waals surface area contributed by atoms with Gasteiger partial charge in [-0.25, -0.2) is 9.59 Å². The zero-order valence-corrected chi connectivity index (χ0v) is 8.28. The van der Waals surface area contributed by atoms with E-state index in [9.17, 15) is 9.59 Å². The highest BCUT2D eigenvalue weighted by atomic mass is 35.5. The van der Waals surface area contributed by atoms with Gasteiger partial charge in [0.1, 0.15) is 0 Å². The first-order chi connectivity index (χ1) is 5.56. The molecular weight excluding hydrogens is 204 g/mol. The first-order valence-electron chi connectivity index (χ1n) is 3.25. The van der Waals surface area contributed by atoms with Gasteiger partial charge in [0.15, 0.2) is 0 Å². The fourth-order valence-electron chi connectivity index (χ4n) is 0.442. The van der Waals surface area contributed by atoms with Gasteiger partial charge in [0.25, 0.3) is 0 Å². The summed E-state index contributed by atoms with van der Waals surface area (Å²) in [5.74, 6) is 0.611. The van der Waals surface area contributed by atoms with Gasteiger partial charge >= 0.3 is 10.7 Å². The molecule has 0 fully saturated rings. The largest absolute Gasteiger partial charge is 0.417 e. The van der Waals surface area contributed by atoms with Crippen LogP contribution in [0.3, 0.4) is 0 Å². The molecule has 0 aromatic carbocycles. The molecule has 1 unspecified atom stereocenters. The van der Waals surface area contributed by atoms with E-state index < -0.39 is 17.0 Å². The number of halogens is 1. The predicted octanol–water partition coefficient (Wildman–Crippen LogP) is 2.60. The van der Waals surface area contributed by atoms with Gasteiger partial charge in [-0.15, -0.1) is 0 Å². The van der Waals surface area contributed by atoms with Crippen molar-refractivity contribution in [2.24, 2.45) is 0 Å². The molecule has 0 radical (unpaired) electrons. The second-order valence-corrected chi connectivity index (χ2v) is 3.23. The molecule has 1 atom stereocenters. The van der Waals surface area contributed by atoms with Gasteiger partial charge in [0.2, 0.25) is 6.29 Å². The zero-order valence-electron chi connectivity index (χ0n) is 6.70. The fraction of sp³-hybridized carbons (Fsp3) is 0.667. The molecule has 70 valence electrons. The molecule has 0 spiro atoms. The lowest BCUT2D eigenvalue weighted by atomic mass is 10.8. The molecule has 0 saturated heterocycles. The maximum absolute atomic E-state index is 10.7. The Morgan fingerprint density at radius 1 is 1.50 bits per heavy atom. The van der Waals surface area contributed by atoms with Crippen molar-refractivity contribution in [1.82, 2.24) is 0 Å². The molecule has 0 aliphatic heterocycles. The third-order valence-corrected chi connectivity index (χ3v) is 1.49. The average Bonchev–Trinajstić information content (AvgIpc) is 1.84. The van der Waals surface area contributed by atoms with Crippen molar-refractivity contribution in [3.05, 3.63) is 0 Å². The Labute approximate surface area is 79.5 Å². The molecular formula is C6H9ClO4S. The lowest BCUT2D eigenvalue weighted by Gasteiger charge is -2.10. The second-order valence-electron chi connectivity index (χ2n) is 1.72. The quantitative estimate of drug-likeness (QED) is 0.409. The number of carbonyl (C=O) groups excluding carboxylic acids is 2. The third-order valence-electron chi connectivity index (χ3n) is 0.783. The van der Waals surface area contributed by atoms with Crippen LogP contribution in [0.2, 0.25) is 0 Å². The van der Waals surface area contributed by atoms with E-state index in [2.05, 4.69) is 9.47 Å². The lowest BCUT2D eigenvalue weighted by Crippen LogP contribution is -2.16. The van der Waals surface area contributed by atoms with Gasteiger partial charge in [-0.05, 0) is 11.8 Å². The summed E-state index contributed by atoms with van der Waals surface area (Å²) in [7, 11) is 0. The van der Waals surface area contributed by atoms with Crippen LogP contribution >= 0.6 is 23.4 Å². The Hall–Kier alpha value is -0.420. The predicted molar refractivity (Wildman–Crippen MR) is 46.4 cm³/mol. The van der Waals surface area contributed by atoms with Gasteiger partial charge < -0.3 is 9.47 Å². The third kappa shape index (κ3) is 6.30. The number of ether oxygens (including phenoxy) is 2. The molecule has 0 rings (SSSR count). The Morgan fingerprint density at radius 2 is 2.08 bits per heavy atom. The summed E-state index contributed by atoms with van der Waals surface area (Å²) < 4.78 is 8.94. The molecule has 0 heterocycles. The van der Waals surface area contributed by atoms with Crippen LogP contribution in [0.5, 0.6) is 0 Å². The van der Waals surface area contributed by atoms with Crippen LogP contribution in [0.15, 0.2) is 0 Å². The topological polar surface area (TPSA) is 52.6 Å². The molecule has 0 aromatic rings. The maximum Gasteiger partial charge on any atom is 0.406 e. The molecule has 0 bridgehead atoms. The molecule has 0 amide bonds. The number of hydrogen-bond donors (Lipinski definition) is 0. The Balaban J connectivity index is 3.61. The molecule has 0 N–H and O–H groups in total. The van der Waals surface area contributed by atoms with E-state index in [0.717, 1.165) is 11.8 Å². The van der Waals surface area contributed by atoms with Crippen molar-refractivity contribution in [1.29, 1.82) is 0 Å². The number of rotatable bonds is 3. The Bertz CT molecular complexity index is 173. The van der Waals surface area contributed by atoms with Crippen LogP contribution in [0.1, 0.15) is 13.8 Å². The van der Waals surface area contributed by atoms with Gasteiger partial charge in [0.05, 0.1) is 0 Å². The second kappa shape index (κ2) is 6.14. The van der Waals surface area contributed by atoms with E-state index in [4.69, 9.17) is 11.6 Å². The normalized spacial score (nSPS) is 11.9. The summed E-state index contributed by atoms with van der Waals surface area (Å²) in [6.45, 7) is 3.22. The van der Waals surface area contributed by atoms with Crippen LogP contribution in [0.4, 0.5) is 9.59 Å². The maximum atomic E-state index is 10.7. The van der Waals surface area contributed by atoms with Crippen LogP contribution in [-0.4, -0.2) is 22.8 Å². The molecule has 0 aliphatic rings. The van der Waals surface area contributed by atoms with Crippen molar-refractivity contribution in [2.45, 2.75) is 20.1 Å². The van der Waals surface area contributed by atoms with E-state index in [1.807, 2.05) is 6.92 Å². The van der Waals surface area contributed by atoms with Crippen molar-refractivity contribution < 1.29 is 19.1 Å². The molecule has 0 aliphatic carbocycles. The van der Waals surface area contributed by atoms with Gasteiger partial charge in [-0.3, -0.25) is 0 Å². The average molecular weight is 213 g/mol. The minimum atomic E-state index is -0.989. The fourth-order valence-corrected chi connectivity index (χ4v) is 1.01. The summed E-state index contributed by atoms with van der Waals surface area (Å²) in [4.78, 5) is 20.9. The zero-order chi connectivity index (χ0) is 9.56. The molecule has 6 heteroatoms. The van der Waals surface area contributed by atoms with Crippen molar-refractivity contribution in [3.63, 3.8) is 0 Å². The summed E-state index contributed by atoms with van der Waals surface area (Å²) in [6, 6.07) is 0. The molecule has 0 saturated carbocycles. The standard InChI is InChI=1S/C6H9ClO4S/c1-3-12-6(9)11-4(2)10-5(7)8/h4H,3H2,1-2H3. The monoisotopic (exact) mass is 212 g/mol. The summed E-state index contributed by atoms with van der Waals surface area (Å²) >= 11 is 5.87. The van der Waals surface area contributed by atoms with Crippen LogP contribution < -0.4 is 0 Å². The van der Waals surface area contributed by atoms with Crippen LogP contribution in [0.25, 0.3) is 0 Å². The summed E-state index contributed by atoms with van der Waals surface area (Å²) in [6.07, 6.45) is -0.929. The minimum absolute atomic E-state index is 0.483. The first kappa shape index (κ1) is 11.6. The molecule has 0 aromatic heterocycles. The Morgan fingerprint density at radius 3 is 2.50 bits per heavy atom. The molecule has 4 nitrogen and oxygen atoms in total. The van der Waals surface area contributed by atoms with Crippen molar-refractivity contribution in [3.8, 4) is 0 Å². The van der Waals surface area contributed by atoms with Gasteiger partial charge in [0, 0.05) is 24.3 Å². The van der Waals surface area contributed by atoms with Gasteiger partial charge in [-0.2, -0.15) is 0 Å². The highest BCUT2D eigenvalue weighted by Crippen LogP contribution is 2.08. The number of thioether (sulfide) groups is 1. The highest BCUT2D eigenvalue weighted by molar-refractivity contribution is 8.13. The van der Waals surface area contributed by atoms with E-state index in [1.165, 1.54) is 6.92 Å². The van der Waals surface area contributed by atoms with Crippen LogP contribution in [-0.2, 0) is 9.47 Å². The summed E-state index contributed by atoms with van der Waals surface area (Å²) in [5, 5.41) is -0.483. The van der Waals surface area contributed by atoms with Crippen molar-refractivity contribution >= 4 is 34.1 Å². The first-order valence-corrected chi connectivity index (χ1v) is 4.62. The van der Waals surface area contributed by atoms with Gasteiger partial charge in [-0.1, -0.05) is 6.92 Å². The minimum Gasteiger partial charge on any atom is -0.417 e. The molecule has 12 heavy (non-hydrogen) atoms. The summed E-state index contributed by atoms with van der Waals surface area (Å²) in [5.41, 5.74) is -0.989. The number of hydrogen-bond acceptors (Lipinski definition) is 5. The van der Waals surface area contributed by atoms with Crippen LogP contribution in [0, 0.1) is 0 Å². The smallest absolute Gasteiger partial charge is 0.406 e. The lowest BCUT2D eigenvalue weighted by molar-refractivity contribution is -0.0290.